The molecule has 0 fully saturated rings. The largest absolute Gasteiger partial charge is 0.464 e. The van der Waals surface area contributed by atoms with E-state index in [1.807, 2.05) is 27.7 Å². The molecule has 0 spiro atoms. The van der Waals surface area contributed by atoms with Crippen LogP contribution in [0.5, 0.6) is 0 Å². The SMILES string of the molecule is CC(C)COC(=O)CNC(=O)[C@H](CC(C)C)NC(=O)OC(C)(C)C. The second kappa shape index (κ2) is 10.2. The molecule has 0 radical (unpaired) electrons. The maximum absolute atomic E-state index is 12.2. The first-order valence-corrected chi connectivity index (χ1v) is 8.33. The third-order valence-corrected chi connectivity index (χ3v) is 2.70. The Hall–Kier alpha value is -1.79. The number of amides is 2. The normalized spacial score (nSPS) is 12.7. The highest BCUT2D eigenvalue weighted by Crippen LogP contribution is 2.09. The number of rotatable bonds is 8. The fourth-order valence-electron chi connectivity index (χ4n) is 1.75. The molecule has 0 heterocycles. The molecule has 0 aliphatic heterocycles. The molecular weight excluding hydrogens is 312 g/mol. The van der Waals surface area contributed by atoms with Crippen LogP contribution in [0.15, 0.2) is 0 Å². The van der Waals surface area contributed by atoms with Gasteiger partial charge in [0.1, 0.15) is 18.2 Å². The van der Waals surface area contributed by atoms with E-state index in [4.69, 9.17) is 9.47 Å². The van der Waals surface area contributed by atoms with Crippen LogP contribution in [-0.4, -0.2) is 42.8 Å². The zero-order valence-electron chi connectivity index (χ0n) is 15.9. The summed E-state index contributed by atoms with van der Waals surface area (Å²) in [4.78, 5) is 35.7. The number of ether oxygens (including phenoxy) is 2. The minimum absolute atomic E-state index is 0.184. The number of alkyl carbamates (subject to hydrolysis) is 1. The molecule has 0 aliphatic carbocycles. The van der Waals surface area contributed by atoms with Gasteiger partial charge in [0.25, 0.3) is 0 Å². The van der Waals surface area contributed by atoms with E-state index in [2.05, 4.69) is 10.6 Å². The van der Waals surface area contributed by atoms with E-state index >= 15 is 0 Å². The standard InChI is InChI=1S/C17H32N2O5/c1-11(2)8-13(19-16(22)24-17(5,6)7)15(21)18-9-14(20)23-10-12(3)4/h11-13H,8-10H2,1-7H3,(H,18,21)(H,19,22)/t13-/m0/s1. The second-order valence-electron chi connectivity index (χ2n) is 7.62. The Balaban J connectivity index is 4.55. The molecule has 0 rings (SSSR count). The second-order valence-corrected chi connectivity index (χ2v) is 7.62. The summed E-state index contributed by atoms with van der Waals surface area (Å²) in [7, 11) is 0. The van der Waals surface area contributed by atoms with Crippen molar-refractivity contribution in [2.24, 2.45) is 11.8 Å². The Morgan fingerprint density at radius 1 is 1.00 bits per heavy atom. The van der Waals surface area contributed by atoms with Gasteiger partial charge in [0, 0.05) is 0 Å². The van der Waals surface area contributed by atoms with Crippen LogP contribution in [0.4, 0.5) is 4.79 Å². The first kappa shape index (κ1) is 22.2. The molecule has 0 unspecified atom stereocenters. The van der Waals surface area contributed by atoms with Gasteiger partial charge in [-0.15, -0.1) is 0 Å². The summed E-state index contributed by atoms with van der Waals surface area (Å²) in [6.45, 7) is 13.0. The van der Waals surface area contributed by atoms with Crippen molar-refractivity contribution in [2.45, 2.75) is 66.5 Å². The van der Waals surface area contributed by atoms with Crippen molar-refractivity contribution in [1.29, 1.82) is 0 Å². The highest BCUT2D eigenvalue weighted by molar-refractivity contribution is 5.88. The van der Waals surface area contributed by atoms with Crippen LogP contribution in [0.25, 0.3) is 0 Å². The molecule has 2 amide bonds. The number of nitrogens with one attached hydrogen (secondary N) is 2. The Labute approximate surface area is 144 Å². The van der Waals surface area contributed by atoms with Crippen LogP contribution in [0.2, 0.25) is 0 Å². The Kier molecular flexibility index (Phi) is 9.40. The first-order chi connectivity index (χ1) is 10.9. The summed E-state index contributed by atoms with van der Waals surface area (Å²) in [5.41, 5.74) is -0.649. The third kappa shape index (κ3) is 11.7. The quantitative estimate of drug-likeness (QED) is 0.659. The van der Waals surface area contributed by atoms with Crippen LogP contribution in [0.3, 0.4) is 0 Å². The molecule has 140 valence electrons. The molecule has 7 nitrogen and oxygen atoms in total. The molecule has 0 aliphatic rings. The number of hydrogen-bond acceptors (Lipinski definition) is 5. The minimum Gasteiger partial charge on any atom is -0.464 e. The lowest BCUT2D eigenvalue weighted by atomic mass is 10.0. The van der Waals surface area contributed by atoms with Gasteiger partial charge in [-0.1, -0.05) is 27.7 Å². The first-order valence-electron chi connectivity index (χ1n) is 8.33. The lowest BCUT2D eigenvalue weighted by Gasteiger charge is -2.24. The van der Waals surface area contributed by atoms with Crippen LogP contribution in [0, 0.1) is 11.8 Å². The van der Waals surface area contributed by atoms with Gasteiger partial charge in [-0.2, -0.15) is 0 Å². The lowest BCUT2D eigenvalue weighted by molar-refractivity contribution is -0.145. The highest BCUT2D eigenvalue weighted by atomic mass is 16.6. The topological polar surface area (TPSA) is 93.7 Å². The number of carbonyl (C=O) groups is 3. The van der Waals surface area contributed by atoms with Gasteiger partial charge in [-0.3, -0.25) is 9.59 Å². The van der Waals surface area contributed by atoms with Crippen molar-refractivity contribution in [2.75, 3.05) is 13.2 Å². The predicted octanol–water partition coefficient (Wildman–Crippen LogP) is 2.24. The van der Waals surface area contributed by atoms with E-state index in [0.29, 0.717) is 13.0 Å². The highest BCUT2D eigenvalue weighted by Gasteiger charge is 2.25. The summed E-state index contributed by atoms with van der Waals surface area (Å²) in [6, 6.07) is -0.766. The molecule has 24 heavy (non-hydrogen) atoms. The maximum Gasteiger partial charge on any atom is 0.408 e. The van der Waals surface area contributed by atoms with Crippen molar-refractivity contribution < 1.29 is 23.9 Å². The zero-order chi connectivity index (χ0) is 18.9. The minimum atomic E-state index is -0.766. The van der Waals surface area contributed by atoms with Gasteiger partial charge in [-0.05, 0) is 39.0 Å². The molecule has 0 aromatic rings. The molecule has 1 atom stereocenters. The van der Waals surface area contributed by atoms with E-state index in [1.165, 1.54) is 0 Å². The lowest BCUT2D eigenvalue weighted by Crippen LogP contribution is -2.49. The molecule has 0 saturated heterocycles. The molecular formula is C17H32N2O5. The predicted molar refractivity (Wildman–Crippen MR) is 91.4 cm³/mol. The van der Waals surface area contributed by atoms with Crippen molar-refractivity contribution in [1.82, 2.24) is 10.6 Å². The third-order valence-electron chi connectivity index (χ3n) is 2.70. The number of hydrogen-bond donors (Lipinski definition) is 2. The Bertz CT molecular complexity index is 427. The summed E-state index contributed by atoms with van der Waals surface area (Å²) >= 11 is 0. The van der Waals surface area contributed by atoms with Crippen LogP contribution in [-0.2, 0) is 19.1 Å². The average Bonchev–Trinajstić information content (AvgIpc) is 2.39. The summed E-state index contributed by atoms with van der Waals surface area (Å²) in [5, 5.41) is 5.05. The fourth-order valence-corrected chi connectivity index (χ4v) is 1.75. The zero-order valence-corrected chi connectivity index (χ0v) is 15.9. The van der Waals surface area contributed by atoms with Crippen LogP contribution in [0.1, 0.15) is 54.9 Å². The molecule has 7 heteroatoms. The molecule has 0 aromatic heterocycles. The summed E-state index contributed by atoms with van der Waals surface area (Å²) in [6.07, 6.45) is -0.225. The Morgan fingerprint density at radius 3 is 2.04 bits per heavy atom. The van der Waals surface area contributed by atoms with E-state index in [9.17, 15) is 14.4 Å². The van der Waals surface area contributed by atoms with Gasteiger partial charge in [0.15, 0.2) is 0 Å². The van der Waals surface area contributed by atoms with Crippen molar-refractivity contribution in [3.63, 3.8) is 0 Å². The van der Waals surface area contributed by atoms with E-state index < -0.39 is 29.6 Å². The monoisotopic (exact) mass is 344 g/mol. The van der Waals surface area contributed by atoms with E-state index in [1.54, 1.807) is 20.8 Å². The number of esters is 1. The van der Waals surface area contributed by atoms with Gasteiger partial charge < -0.3 is 20.1 Å². The molecule has 2 N–H and O–H groups in total. The smallest absolute Gasteiger partial charge is 0.408 e. The van der Waals surface area contributed by atoms with E-state index in [0.717, 1.165) is 0 Å². The fraction of sp³-hybridized carbons (Fsp3) is 0.824. The van der Waals surface area contributed by atoms with Gasteiger partial charge >= 0.3 is 12.1 Å². The molecule has 0 aromatic carbocycles. The summed E-state index contributed by atoms with van der Waals surface area (Å²) in [5.74, 6) is -0.524. The van der Waals surface area contributed by atoms with Crippen molar-refractivity contribution >= 4 is 18.0 Å². The van der Waals surface area contributed by atoms with Crippen LogP contribution >= 0.6 is 0 Å². The van der Waals surface area contributed by atoms with Crippen molar-refractivity contribution in [3.05, 3.63) is 0 Å². The van der Waals surface area contributed by atoms with Crippen LogP contribution < -0.4 is 10.6 Å². The van der Waals surface area contributed by atoms with Gasteiger partial charge in [0.2, 0.25) is 5.91 Å². The van der Waals surface area contributed by atoms with Crippen molar-refractivity contribution in [3.8, 4) is 0 Å². The average molecular weight is 344 g/mol. The van der Waals surface area contributed by atoms with E-state index in [-0.39, 0.29) is 18.4 Å². The number of carbonyl (C=O) groups excluding carboxylic acids is 3. The summed E-state index contributed by atoms with van der Waals surface area (Å²) < 4.78 is 10.2. The molecule has 0 saturated carbocycles. The van der Waals surface area contributed by atoms with Gasteiger partial charge in [0.05, 0.1) is 6.61 Å². The molecule has 0 bridgehead atoms. The Morgan fingerprint density at radius 2 is 1.58 bits per heavy atom. The maximum atomic E-state index is 12.2. The van der Waals surface area contributed by atoms with Gasteiger partial charge in [-0.25, -0.2) is 4.79 Å².